The summed E-state index contributed by atoms with van der Waals surface area (Å²) in [6, 6.07) is 15.2. The molecule has 3 aromatic carbocycles. The molecule has 51 heavy (non-hydrogen) atoms. The number of hydrogen-bond donors (Lipinski definition) is 1. The van der Waals surface area contributed by atoms with Gasteiger partial charge in [0, 0.05) is 41.5 Å². The summed E-state index contributed by atoms with van der Waals surface area (Å²) < 4.78 is 50.4. The molecule has 0 bridgehead atoms. The highest BCUT2D eigenvalue weighted by atomic mass is 19.1. The molecule has 1 amide bonds. The molecule has 0 aliphatic rings. The highest BCUT2D eigenvalue weighted by molar-refractivity contribution is 6.04. The van der Waals surface area contributed by atoms with Crippen molar-refractivity contribution < 1.29 is 32.6 Å². The number of anilines is 1. The fourth-order valence-electron chi connectivity index (χ4n) is 5.20. The Morgan fingerprint density at radius 1 is 0.902 bits per heavy atom. The van der Waals surface area contributed by atoms with Gasteiger partial charge >= 0.3 is 6.09 Å². The first-order valence-electron chi connectivity index (χ1n) is 15.9. The van der Waals surface area contributed by atoms with Crippen molar-refractivity contribution in [2.45, 2.75) is 46.3 Å². The summed E-state index contributed by atoms with van der Waals surface area (Å²) in [6.45, 7) is 8.79. The van der Waals surface area contributed by atoms with Gasteiger partial charge in [-0.1, -0.05) is 0 Å². The smallest absolute Gasteiger partial charge is 0.435 e. The third kappa shape index (κ3) is 7.49. The van der Waals surface area contributed by atoms with Crippen molar-refractivity contribution in [3.63, 3.8) is 0 Å². The van der Waals surface area contributed by atoms with E-state index in [2.05, 4.69) is 15.5 Å². The van der Waals surface area contributed by atoms with Crippen LogP contribution < -0.4 is 20.3 Å². The van der Waals surface area contributed by atoms with E-state index in [1.807, 2.05) is 0 Å². The Balaban J connectivity index is 1.28. The van der Waals surface area contributed by atoms with Gasteiger partial charge in [-0.05, 0) is 95.3 Å². The fourth-order valence-corrected chi connectivity index (χ4v) is 5.20. The molecule has 0 fully saturated rings. The lowest BCUT2D eigenvalue weighted by atomic mass is 10.1. The van der Waals surface area contributed by atoms with Crippen molar-refractivity contribution in [1.82, 2.24) is 24.1 Å². The van der Waals surface area contributed by atoms with Crippen LogP contribution in [-0.4, -0.2) is 47.8 Å². The third-order valence-corrected chi connectivity index (χ3v) is 7.46. The predicted octanol–water partition coefficient (Wildman–Crippen LogP) is 7.48. The molecular formula is C37H34F2N6O6. The summed E-state index contributed by atoms with van der Waals surface area (Å²) in [7, 11) is 1.77. The highest BCUT2D eigenvalue weighted by Crippen LogP contribution is 2.38. The molecule has 262 valence electrons. The molecule has 6 aromatic rings. The van der Waals surface area contributed by atoms with Crippen LogP contribution in [0.2, 0.25) is 0 Å². The number of fused-ring (bicyclic) bond motifs is 1. The van der Waals surface area contributed by atoms with Crippen LogP contribution in [-0.2, 0) is 11.8 Å². The fraction of sp³-hybridized carbons (Fsp3) is 0.216. The summed E-state index contributed by atoms with van der Waals surface area (Å²) in [5.41, 5.74) is 0.401. The molecule has 0 saturated carbocycles. The second-order valence-corrected chi connectivity index (χ2v) is 12.9. The Bertz CT molecular complexity index is 2340. The second kappa shape index (κ2) is 13.5. The van der Waals surface area contributed by atoms with Gasteiger partial charge in [0.15, 0.2) is 11.6 Å². The SMILES string of the molecule is CC(C)Oc1ccc(C(=O)Nc2ccc(Oc3cc4cnn(C)c4cc3-c3cnn(C(=O)OC(C)(C)C)c3)c(F)c2)c(=O)n1-c1ccc(F)cc1. The van der Waals surface area contributed by atoms with Crippen molar-refractivity contribution in [3.05, 3.63) is 113 Å². The summed E-state index contributed by atoms with van der Waals surface area (Å²) in [5, 5.41) is 11.7. The molecule has 14 heteroatoms. The first-order valence-corrected chi connectivity index (χ1v) is 15.9. The molecular weight excluding hydrogens is 662 g/mol. The molecule has 0 saturated heterocycles. The Morgan fingerprint density at radius 2 is 1.65 bits per heavy atom. The van der Waals surface area contributed by atoms with Crippen LogP contribution in [0.5, 0.6) is 17.4 Å². The van der Waals surface area contributed by atoms with Gasteiger partial charge in [0.25, 0.3) is 11.5 Å². The zero-order valence-electron chi connectivity index (χ0n) is 28.6. The Morgan fingerprint density at radius 3 is 2.33 bits per heavy atom. The standard InChI is InChI=1S/C37H34F2N6O6/c1-21(2)49-33-14-12-27(35(47)45(33)26-10-7-24(38)8-11-26)34(46)42-25-9-13-31(29(39)16-25)50-32-15-22-18-40-43(6)30(22)17-28(32)23-19-41-44(20-23)36(48)51-37(3,4)5/h7-21H,1-6H3,(H,42,46). The molecule has 0 atom stereocenters. The number of pyridine rings is 1. The van der Waals surface area contributed by atoms with Gasteiger partial charge in [0.2, 0.25) is 5.88 Å². The van der Waals surface area contributed by atoms with Crippen LogP contribution >= 0.6 is 0 Å². The van der Waals surface area contributed by atoms with Gasteiger partial charge in [-0.3, -0.25) is 14.3 Å². The highest BCUT2D eigenvalue weighted by Gasteiger charge is 2.22. The van der Waals surface area contributed by atoms with Crippen LogP contribution in [0.1, 0.15) is 45.0 Å². The van der Waals surface area contributed by atoms with E-state index in [9.17, 15) is 18.8 Å². The average Bonchev–Trinajstić information content (AvgIpc) is 3.69. The first kappa shape index (κ1) is 34.5. The van der Waals surface area contributed by atoms with Gasteiger partial charge in [0.1, 0.15) is 22.7 Å². The minimum absolute atomic E-state index is 0.0571. The number of benzene rings is 3. The molecule has 0 aliphatic heterocycles. The molecule has 1 N–H and O–H groups in total. The molecule has 3 heterocycles. The third-order valence-electron chi connectivity index (χ3n) is 7.46. The maximum Gasteiger partial charge on any atom is 0.435 e. The summed E-state index contributed by atoms with van der Waals surface area (Å²) in [5.74, 6) is -1.85. The molecule has 0 unspecified atom stereocenters. The number of aromatic nitrogens is 5. The van der Waals surface area contributed by atoms with Gasteiger partial charge in [0.05, 0.1) is 29.7 Å². The number of nitrogens with zero attached hydrogens (tertiary/aromatic N) is 5. The van der Waals surface area contributed by atoms with Crippen molar-refractivity contribution in [2.24, 2.45) is 7.05 Å². The van der Waals surface area contributed by atoms with E-state index >= 15 is 4.39 Å². The maximum atomic E-state index is 15.6. The van der Waals surface area contributed by atoms with Crippen LogP contribution in [0.25, 0.3) is 27.7 Å². The number of carbonyl (C=O) groups is 2. The van der Waals surface area contributed by atoms with Crippen LogP contribution in [0, 0.1) is 11.6 Å². The molecule has 3 aromatic heterocycles. The summed E-state index contributed by atoms with van der Waals surface area (Å²) in [6.07, 6.45) is 3.62. The normalized spacial score (nSPS) is 11.5. The van der Waals surface area contributed by atoms with E-state index in [1.54, 1.807) is 64.7 Å². The van der Waals surface area contributed by atoms with Crippen molar-refractivity contribution in [2.75, 3.05) is 5.32 Å². The van der Waals surface area contributed by atoms with Crippen LogP contribution in [0.15, 0.2) is 90.1 Å². The maximum absolute atomic E-state index is 15.6. The molecule has 0 radical (unpaired) electrons. The number of carbonyl (C=O) groups excluding carboxylic acids is 2. The number of hydrogen-bond acceptors (Lipinski definition) is 8. The van der Waals surface area contributed by atoms with E-state index in [-0.39, 0.29) is 34.7 Å². The largest absolute Gasteiger partial charge is 0.476 e. The van der Waals surface area contributed by atoms with E-state index in [4.69, 9.17) is 14.2 Å². The summed E-state index contributed by atoms with van der Waals surface area (Å²) >= 11 is 0. The van der Waals surface area contributed by atoms with E-state index in [0.717, 1.165) is 21.7 Å². The quantitative estimate of drug-likeness (QED) is 0.173. The first-order chi connectivity index (χ1) is 24.2. The van der Waals surface area contributed by atoms with Gasteiger partial charge in [-0.2, -0.15) is 14.9 Å². The summed E-state index contributed by atoms with van der Waals surface area (Å²) in [4.78, 5) is 39.5. The number of aryl methyl sites for hydroxylation is 1. The van der Waals surface area contributed by atoms with Crippen LogP contribution in [0.4, 0.5) is 19.3 Å². The predicted molar refractivity (Wildman–Crippen MR) is 186 cm³/mol. The molecule has 6 rings (SSSR count). The van der Waals surface area contributed by atoms with Crippen molar-refractivity contribution >= 4 is 28.6 Å². The monoisotopic (exact) mass is 696 g/mol. The van der Waals surface area contributed by atoms with Crippen molar-refractivity contribution in [3.8, 4) is 34.2 Å². The second-order valence-electron chi connectivity index (χ2n) is 12.9. The lowest BCUT2D eigenvalue weighted by Crippen LogP contribution is -2.29. The van der Waals surface area contributed by atoms with E-state index < -0.39 is 34.8 Å². The van der Waals surface area contributed by atoms with Gasteiger partial charge < -0.3 is 19.5 Å². The molecule has 0 spiro atoms. The number of halogens is 2. The van der Waals surface area contributed by atoms with E-state index in [1.165, 1.54) is 65.5 Å². The number of nitrogens with one attached hydrogen (secondary N) is 1. The Hall–Kier alpha value is -6.31. The average molecular weight is 697 g/mol. The lowest BCUT2D eigenvalue weighted by molar-refractivity contribution is 0.0514. The lowest BCUT2D eigenvalue weighted by Gasteiger charge is -2.18. The Labute approximate surface area is 290 Å². The zero-order chi connectivity index (χ0) is 36.6. The minimum atomic E-state index is -0.807. The molecule has 12 nitrogen and oxygen atoms in total. The number of rotatable bonds is 8. The minimum Gasteiger partial charge on any atom is -0.476 e. The Kier molecular flexibility index (Phi) is 9.17. The zero-order valence-corrected chi connectivity index (χ0v) is 28.6. The van der Waals surface area contributed by atoms with Crippen molar-refractivity contribution in [1.29, 1.82) is 0 Å². The van der Waals surface area contributed by atoms with Gasteiger partial charge in [-0.25, -0.2) is 18.1 Å². The number of ether oxygens (including phenoxy) is 3. The molecule has 0 aliphatic carbocycles. The number of amides is 1. The van der Waals surface area contributed by atoms with Gasteiger partial charge in [-0.15, -0.1) is 0 Å². The van der Waals surface area contributed by atoms with E-state index in [0.29, 0.717) is 16.8 Å². The van der Waals surface area contributed by atoms with Crippen LogP contribution in [0.3, 0.4) is 0 Å². The topological polar surface area (TPSA) is 132 Å².